The van der Waals surface area contributed by atoms with E-state index in [0.717, 1.165) is 24.9 Å². The molecule has 1 aliphatic carbocycles. The van der Waals surface area contributed by atoms with Crippen LogP contribution in [0.1, 0.15) is 42.6 Å². The average molecular weight is 205 g/mol. The van der Waals surface area contributed by atoms with E-state index in [1.54, 1.807) is 12.3 Å². The van der Waals surface area contributed by atoms with Crippen molar-refractivity contribution in [3.05, 3.63) is 24.0 Å². The van der Waals surface area contributed by atoms with Gasteiger partial charge in [-0.1, -0.05) is 6.42 Å². The fourth-order valence-corrected chi connectivity index (χ4v) is 1.94. The van der Waals surface area contributed by atoms with E-state index in [-0.39, 0.29) is 0 Å². The van der Waals surface area contributed by atoms with Crippen molar-refractivity contribution in [2.24, 2.45) is 0 Å². The topological polar surface area (TPSA) is 39.2 Å². The second kappa shape index (κ2) is 4.91. The minimum absolute atomic E-state index is 0.320. The van der Waals surface area contributed by atoms with Gasteiger partial charge in [0.25, 0.3) is 0 Å². The van der Waals surface area contributed by atoms with E-state index in [1.165, 1.54) is 19.3 Å². The van der Waals surface area contributed by atoms with Gasteiger partial charge in [0.15, 0.2) is 6.29 Å². The van der Waals surface area contributed by atoms with E-state index >= 15 is 0 Å². The van der Waals surface area contributed by atoms with E-state index in [1.807, 2.05) is 6.07 Å². The van der Waals surface area contributed by atoms with Gasteiger partial charge >= 0.3 is 0 Å². The third-order valence-electron chi connectivity index (χ3n) is 2.73. The lowest BCUT2D eigenvalue weighted by Gasteiger charge is -2.22. The van der Waals surface area contributed by atoms with Gasteiger partial charge in [0.2, 0.25) is 0 Å². The highest BCUT2D eigenvalue weighted by atomic mass is 16.5. The van der Waals surface area contributed by atoms with Crippen molar-refractivity contribution in [2.75, 3.05) is 0 Å². The lowest BCUT2D eigenvalue weighted by atomic mass is 9.98. The van der Waals surface area contributed by atoms with Crippen molar-refractivity contribution >= 4 is 6.29 Å². The zero-order valence-electron chi connectivity index (χ0n) is 8.69. The molecule has 0 aliphatic heterocycles. The Bertz CT molecular complexity index is 332. The highest BCUT2D eigenvalue weighted by Gasteiger charge is 2.14. The molecule has 1 heterocycles. The lowest BCUT2D eigenvalue weighted by molar-refractivity contribution is 0.111. The van der Waals surface area contributed by atoms with E-state index < -0.39 is 0 Å². The number of hydrogen-bond donors (Lipinski definition) is 0. The molecule has 0 bridgehead atoms. The summed E-state index contributed by atoms with van der Waals surface area (Å²) < 4.78 is 5.80. The molecule has 1 fully saturated rings. The third-order valence-corrected chi connectivity index (χ3v) is 2.73. The Morgan fingerprint density at radius 2 is 2.13 bits per heavy atom. The van der Waals surface area contributed by atoms with E-state index in [0.29, 0.717) is 11.8 Å². The molecule has 1 aromatic heterocycles. The van der Waals surface area contributed by atoms with Gasteiger partial charge in [-0.3, -0.25) is 9.78 Å². The van der Waals surface area contributed by atoms with Gasteiger partial charge in [-0.25, -0.2) is 0 Å². The number of rotatable bonds is 3. The van der Waals surface area contributed by atoms with Crippen molar-refractivity contribution in [3.63, 3.8) is 0 Å². The lowest BCUT2D eigenvalue weighted by Crippen LogP contribution is -2.19. The molecule has 0 N–H and O–H groups in total. The maximum atomic E-state index is 10.5. The first kappa shape index (κ1) is 10.1. The Balaban J connectivity index is 1.99. The number of carbonyl (C=O) groups is 1. The standard InChI is InChI=1S/C12H15NO2/c14-9-10-8-12(6-7-13-10)15-11-4-2-1-3-5-11/h6-9,11H,1-5H2. The highest BCUT2D eigenvalue weighted by molar-refractivity contribution is 5.72. The summed E-state index contributed by atoms with van der Waals surface area (Å²) >= 11 is 0. The Morgan fingerprint density at radius 1 is 1.33 bits per heavy atom. The van der Waals surface area contributed by atoms with Crippen LogP contribution in [0.4, 0.5) is 0 Å². The van der Waals surface area contributed by atoms with Crippen LogP contribution in [0, 0.1) is 0 Å². The van der Waals surface area contributed by atoms with Crippen molar-refractivity contribution in [2.45, 2.75) is 38.2 Å². The summed E-state index contributed by atoms with van der Waals surface area (Å²) in [6, 6.07) is 3.50. The SMILES string of the molecule is O=Cc1cc(OC2CCCCC2)ccn1. The van der Waals surface area contributed by atoms with Gasteiger partial charge < -0.3 is 4.74 Å². The molecule has 0 amide bonds. The van der Waals surface area contributed by atoms with Gasteiger partial charge in [0, 0.05) is 12.3 Å². The summed E-state index contributed by atoms with van der Waals surface area (Å²) in [5.41, 5.74) is 0.434. The summed E-state index contributed by atoms with van der Waals surface area (Å²) in [6.45, 7) is 0. The minimum Gasteiger partial charge on any atom is -0.490 e. The maximum Gasteiger partial charge on any atom is 0.168 e. The van der Waals surface area contributed by atoms with Crippen molar-refractivity contribution in [1.82, 2.24) is 4.98 Å². The molecule has 1 aliphatic rings. The quantitative estimate of drug-likeness (QED) is 0.712. The molecule has 0 radical (unpaired) electrons. The van der Waals surface area contributed by atoms with Crippen molar-refractivity contribution in [1.29, 1.82) is 0 Å². The Labute approximate surface area is 89.5 Å². The summed E-state index contributed by atoms with van der Waals surface area (Å²) in [4.78, 5) is 14.4. The molecule has 2 rings (SSSR count). The number of aromatic nitrogens is 1. The van der Waals surface area contributed by atoms with Crippen LogP contribution in [0.2, 0.25) is 0 Å². The summed E-state index contributed by atoms with van der Waals surface area (Å²) in [7, 11) is 0. The zero-order valence-corrected chi connectivity index (χ0v) is 8.69. The Kier molecular flexibility index (Phi) is 3.33. The Hall–Kier alpha value is -1.38. The van der Waals surface area contributed by atoms with Crippen LogP contribution >= 0.6 is 0 Å². The molecule has 3 heteroatoms. The molecule has 1 aromatic rings. The number of ether oxygens (including phenoxy) is 1. The first-order valence-corrected chi connectivity index (χ1v) is 5.46. The fourth-order valence-electron chi connectivity index (χ4n) is 1.94. The summed E-state index contributed by atoms with van der Waals surface area (Å²) in [5, 5.41) is 0. The van der Waals surface area contributed by atoms with Crippen molar-refractivity contribution < 1.29 is 9.53 Å². The normalized spacial score (nSPS) is 17.3. The van der Waals surface area contributed by atoms with Crippen LogP contribution in [0.5, 0.6) is 5.75 Å². The molecule has 0 unspecified atom stereocenters. The van der Waals surface area contributed by atoms with Crippen LogP contribution in [0.15, 0.2) is 18.3 Å². The van der Waals surface area contributed by atoms with Crippen LogP contribution in [0.25, 0.3) is 0 Å². The minimum atomic E-state index is 0.320. The largest absolute Gasteiger partial charge is 0.490 e. The van der Waals surface area contributed by atoms with E-state index in [2.05, 4.69) is 4.98 Å². The molecule has 0 aromatic carbocycles. The maximum absolute atomic E-state index is 10.5. The third kappa shape index (κ3) is 2.78. The first-order valence-electron chi connectivity index (χ1n) is 5.46. The average Bonchev–Trinajstić information content (AvgIpc) is 2.31. The molecule has 3 nitrogen and oxygen atoms in total. The van der Waals surface area contributed by atoms with Gasteiger partial charge in [-0.2, -0.15) is 0 Å². The smallest absolute Gasteiger partial charge is 0.168 e. The molecule has 80 valence electrons. The number of hydrogen-bond acceptors (Lipinski definition) is 3. The Morgan fingerprint density at radius 3 is 2.87 bits per heavy atom. The zero-order chi connectivity index (χ0) is 10.5. The molecule has 0 atom stereocenters. The van der Waals surface area contributed by atoms with Gasteiger partial charge in [0.1, 0.15) is 11.4 Å². The van der Waals surface area contributed by atoms with Crippen LogP contribution in [-0.2, 0) is 0 Å². The monoisotopic (exact) mass is 205 g/mol. The van der Waals surface area contributed by atoms with Gasteiger partial charge in [0.05, 0.1) is 6.10 Å². The second-order valence-corrected chi connectivity index (χ2v) is 3.91. The first-order chi connectivity index (χ1) is 7.38. The van der Waals surface area contributed by atoms with E-state index in [9.17, 15) is 4.79 Å². The van der Waals surface area contributed by atoms with Crippen LogP contribution in [-0.4, -0.2) is 17.4 Å². The summed E-state index contributed by atoms with van der Waals surface area (Å²) in [6.07, 6.45) is 8.73. The molecular weight excluding hydrogens is 190 g/mol. The number of carbonyl (C=O) groups excluding carboxylic acids is 1. The predicted molar refractivity (Wildman–Crippen MR) is 57.1 cm³/mol. The molecular formula is C12H15NO2. The molecule has 1 saturated carbocycles. The van der Waals surface area contributed by atoms with Gasteiger partial charge in [-0.05, 0) is 31.7 Å². The predicted octanol–water partition coefficient (Wildman–Crippen LogP) is 2.61. The number of nitrogens with zero attached hydrogens (tertiary/aromatic N) is 1. The number of pyridine rings is 1. The second-order valence-electron chi connectivity index (χ2n) is 3.91. The van der Waals surface area contributed by atoms with Crippen LogP contribution < -0.4 is 4.74 Å². The van der Waals surface area contributed by atoms with Gasteiger partial charge in [-0.15, -0.1) is 0 Å². The highest BCUT2D eigenvalue weighted by Crippen LogP contribution is 2.23. The van der Waals surface area contributed by atoms with Crippen molar-refractivity contribution in [3.8, 4) is 5.75 Å². The summed E-state index contributed by atoms with van der Waals surface area (Å²) in [5.74, 6) is 0.763. The molecule has 0 saturated heterocycles. The molecule has 15 heavy (non-hydrogen) atoms. The fraction of sp³-hybridized carbons (Fsp3) is 0.500. The molecule has 0 spiro atoms. The number of aldehydes is 1. The van der Waals surface area contributed by atoms with Crippen LogP contribution in [0.3, 0.4) is 0 Å². The van der Waals surface area contributed by atoms with E-state index in [4.69, 9.17) is 4.74 Å².